The first-order valence-electron chi connectivity index (χ1n) is 8.26. The molecule has 1 amide bonds. The van der Waals surface area contributed by atoms with Crippen LogP contribution in [0.5, 0.6) is 11.5 Å². The minimum absolute atomic E-state index is 0.153. The Balaban J connectivity index is 1.43. The molecular formula is C19H18N2O5. The van der Waals surface area contributed by atoms with Crippen LogP contribution in [0.1, 0.15) is 19.4 Å². The maximum Gasteiger partial charge on any atom is 0.417 e. The first kappa shape index (κ1) is 16.3. The zero-order chi connectivity index (χ0) is 18.3. The largest absolute Gasteiger partial charge is 0.483 e. The molecule has 134 valence electrons. The highest BCUT2D eigenvalue weighted by Crippen LogP contribution is 2.41. The van der Waals surface area contributed by atoms with E-state index in [9.17, 15) is 9.59 Å². The molecule has 1 aromatic heterocycles. The van der Waals surface area contributed by atoms with E-state index in [0.717, 1.165) is 12.0 Å². The van der Waals surface area contributed by atoms with E-state index >= 15 is 0 Å². The molecule has 0 saturated carbocycles. The number of hydrogen-bond donors (Lipinski definition) is 2. The molecule has 4 rings (SSSR count). The summed E-state index contributed by atoms with van der Waals surface area (Å²) >= 11 is 0. The van der Waals surface area contributed by atoms with Crippen molar-refractivity contribution in [1.82, 2.24) is 4.98 Å². The number of nitrogens with one attached hydrogen (secondary N) is 2. The first-order valence-corrected chi connectivity index (χ1v) is 8.26. The zero-order valence-electron chi connectivity index (χ0n) is 14.4. The lowest BCUT2D eigenvalue weighted by molar-refractivity contribution is -0.118. The highest BCUT2D eigenvalue weighted by atomic mass is 16.5. The number of aromatic nitrogens is 1. The summed E-state index contributed by atoms with van der Waals surface area (Å²) in [5, 5.41) is 2.73. The van der Waals surface area contributed by atoms with Crippen LogP contribution >= 0.6 is 0 Å². The van der Waals surface area contributed by atoms with Crippen LogP contribution in [0.2, 0.25) is 0 Å². The summed E-state index contributed by atoms with van der Waals surface area (Å²) in [6.07, 6.45) is 0.800. The van der Waals surface area contributed by atoms with Gasteiger partial charge in [0, 0.05) is 17.7 Å². The molecular weight excluding hydrogens is 336 g/mol. The molecule has 0 atom stereocenters. The van der Waals surface area contributed by atoms with Crippen LogP contribution < -0.4 is 20.5 Å². The van der Waals surface area contributed by atoms with Gasteiger partial charge in [-0.1, -0.05) is 12.1 Å². The molecule has 2 N–H and O–H groups in total. The number of benzene rings is 2. The van der Waals surface area contributed by atoms with Crippen molar-refractivity contribution in [1.29, 1.82) is 0 Å². The van der Waals surface area contributed by atoms with Crippen molar-refractivity contribution in [2.75, 3.05) is 11.9 Å². The molecule has 7 nitrogen and oxygen atoms in total. The molecule has 1 aliphatic heterocycles. The summed E-state index contributed by atoms with van der Waals surface area (Å²) in [5.41, 5.74) is 2.29. The number of anilines is 1. The van der Waals surface area contributed by atoms with Crippen molar-refractivity contribution in [3.63, 3.8) is 0 Å². The predicted molar refractivity (Wildman–Crippen MR) is 95.8 cm³/mol. The summed E-state index contributed by atoms with van der Waals surface area (Å²) in [4.78, 5) is 25.9. The molecule has 0 radical (unpaired) electrons. The lowest BCUT2D eigenvalue weighted by atomic mass is 10.0. The van der Waals surface area contributed by atoms with Crippen LogP contribution in [0, 0.1) is 0 Å². The molecule has 3 aromatic rings. The molecule has 2 aromatic carbocycles. The van der Waals surface area contributed by atoms with Crippen molar-refractivity contribution in [2.24, 2.45) is 0 Å². The molecule has 0 aliphatic carbocycles. The van der Waals surface area contributed by atoms with Crippen LogP contribution in [0.4, 0.5) is 5.69 Å². The van der Waals surface area contributed by atoms with E-state index in [1.807, 2.05) is 26.0 Å². The average Bonchev–Trinajstić information content (AvgIpc) is 3.09. The lowest BCUT2D eigenvalue weighted by Crippen LogP contribution is -2.25. The third-order valence-electron chi connectivity index (χ3n) is 4.12. The minimum atomic E-state index is -0.535. The van der Waals surface area contributed by atoms with Crippen molar-refractivity contribution in [3.05, 3.63) is 52.5 Å². The summed E-state index contributed by atoms with van der Waals surface area (Å²) in [6, 6.07) is 10.6. The fourth-order valence-corrected chi connectivity index (χ4v) is 3.07. The van der Waals surface area contributed by atoms with Crippen LogP contribution in [0.15, 0.2) is 45.6 Å². The summed E-state index contributed by atoms with van der Waals surface area (Å²) in [6.45, 7) is 3.87. The quantitative estimate of drug-likeness (QED) is 0.751. The maximum absolute atomic E-state index is 12.2. The SMILES string of the molecule is CC1(C)Cc2cccc(OCC(=O)Nc3ccc4oc(=O)[nH]c4c3)c2O1. The van der Waals surface area contributed by atoms with E-state index in [4.69, 9.17) is 13.9 Å². The molecule has 0 saturated heterocycles. The van der Waals surface area contributed by atoms with E-state index in [-0.39, 0.29) is 18.1 Å². The topological polar surface area (TPSA) is 93.6 Å². The van der Waals surface area contributed by atoms with Crippen LogP contribution in [0.25, 0.3) is 11.1 Å². The second kappa shape index (κ2) is 5.94. The number of H-pyrrole nitrogens is 1. The highest BCUT2D eigenvalue weighted by molar-refractivity contribution is 5.93. The van der Waals surface area contributed by atoms with Gasteiger partial charge in [-0.3, -0.25) is 9.78 Å². The number of para-hydroxylation sites is 1. The van der Waals surface area contributed by atoms with E-state index in [0.29, 0.717) is 28.3 Å². The summed E-state index contributed by atoms with van der Waals surface area (Å²) in [5.74, 6) is 0.401. The Labute approximate surface area is 148 Å². The number of aromatic amines is 1. The van der Waals surface area contributed by atoms with Crippen molar-refractivity contribution >= 4 is 22.7 Å². The normalized spacial score (nSPS) is 14.7. The molecule has 0 unspecified atom stereocenters. The number of carbonyl (C=O) groups excluding carboxylic acids is 1. The smallest absolute Gasteiger partial charge is 0.417 e. The monoisotopic (exact) mass is 354 g/mol. The standard InChI is InChI=1S/C19H18N2O5/c1-19(2)9-11-4-3-5-15(17(11)26-19)24-10-16(22)20-12-6-7-14-13(8-12)21-18(23)25-14/h3-8H,9-10H2,1-2H3,(H,20,22)(H,21,23). The van der Waals surface area contributed by atoms with Gasteiger partial charge >= 0.3 is 5.76 Å². The number of ether oxygens (including phenoxy) is 2. The Hall–Kier alpha value is -3.22. The van der Waals surface area contributed by atoms with Crippen LogP contribution in [-0.4, -0.2) is 23.1 Å². The first-order chi connectivity index (χ1) is 12.4. The maximum atomic E-state index is 12.2. The molecule has 2 heterocycles. The van der Waals surface area contributed by atoms with Gasteiger partial charge in [0.05, 0.1) is 5.52 Å². The predicted octanol–water partition coefficient (Wildman–Crippen LogP) is 2.85. The molecule has 1 aliphatic rings. The number of amides is 1. The Morgan fingerprint density at radius 2 is 2.15 bits per heavy atom. The Bertz CT molecular complexity index is 1050. The second-order valence-electron chi connectivity index (χ2n) is 6.85. The Kier molecular flexibility index (Phi) is 3.72. The number of rotatable bonds is 4. The van der Waals surface area contributed by atoms with Crippen molar-refractivity contribution in [3.8, 4) is 11.5 Å². The van der Waals surface area contributed by atoms with Gasteiger partial charge in [-0.15, -0.1) is 0 Å². The van der Waals surface area contributed by atoms with E-state index in [1.54, 1.807) is 24.3 Å². The molecule has 7 heteroatoms. The van der Waals surface area contributed by atoms with Gasteiger partial charge in [0.1, 0.15) is 5.60 Å². The number of carbonyl (C=O) groups is 1. The number of hydrogen-bond acceptors (Lipinski definition) is 5. The van der Waals surface area contributed by atoms with Gasteiger partial charge in [-0.2, -0.15) is 0 Å². The Morgan fingerprint density at radius 3 is 3.00 bits per heavy atom. The lowest BCUT2D eigenvalue weighted by Gasteiger charge is -2.18. The zero-order valence-corrected chi connectivity index (χ0v) is 14.4. The van der Waals surface area contributed by atoms with Gasteiger partial charge in [0.2, 0.25) is 0 Å². The average molecular weight is 354 g/mol. The van der Waals surface area contributed by atoms with E-state index in [1.165, 1.54) is 0 Å². The fraction of sp³-hybridized carbons (Fsp3) is 0.263. The second-order valence-corrected chi connectivity index (χ2v) is 6.85. The van der Waals surface area contributed by atoms with Crippen molar-refractivity contribution in [2.45, 2.75) is 25.9 Å². The third kappa shape index (κ3) is 3.15. The number of oxazole rings is 1. The van der Waals surface area contributed by atoms with Gasteiger partial charge in [-0.25, -0.2) is 4.79 Å². The summed E-state index contributed by atoms with van der Waals surface area (Å²) in [7, 11) is 0. The Morgan fingerprint density at radius 1 is 1.31 bits per heavy atom. The third-order valence-corrected chi connectivity index (χ3v) is 4.12. The van der Waals surface area contributed by atoms with Crippen LogP contribution in [0.3, 0.4) is 0 Å². The number of fused-ring (bicyclic) bond motifs is 2. The van der Waals surface area contributed by atoms with Gasteiger partial charge in [0.15, 0.2) is 23.7 Å². The summed E-state index contributed by atoms with van der Waals surface area (Å²) < 4.78 is 16.5. The van der Waals surface area contributed by atoms with Gasteiger partial charge < -0.3 is 19.2 Å². The highest BCUT2D eigenvalue weighted by Gasteiger charge is 2.32. The van der Waals surface area contributed by atoms with Crippen LogP contribution in [-0.2, 0) is 11.2 Å². The molecule has 0 bridgehead atoms. The molecule has 0 spiro atoms. The van der Waals surface area contributed by atoms with Gasteiger partial charge in [0.25, 0.3) is 5.91 Å². The van der Waals surface area contributed by atoms with Gasteiger partial charge in [-0.05, 0) is 38.1 Å². The van der Waals surface area contributed by atoms with Crippen molar-refractivity contribution < 1.29 is 18.7 Å². The van der Waals surface area contributed by atoms with E-state index < -0.39 is 5.76 Å². The molecule has 26 heavy (non-hydrogen) atoms. The fourth-order valence-electron chi connectivity index (χ4n) is 3.07. The molecule has 0 fully saturated rings. The van der Waals surface area contributed by atoms with E-state index in [2.05, 4.69) is 10.3 Å². The minimum Gasteiger partial charge on any atom is -0.483 e.